The predicted octanol–water partition coefficient (Wildman–Crippen LogP) is 16.5. The van der Waals surface area contributed by atoms with Crippen LogP contribution in [0.5, 0.6) is 0 Å². The first-order chi connectivity index (χ1) is 33.2. The highest BCUT2D eigenvalue weighted by molar-refractivity contribution is 7.47. The summed E-state index contributed by atoms with van der Waals surface area (Å²) < 4.78 is 39.4. The number of rotatable bonds is 54. The van der Waals surface area contributed by atoms with Crippen LogP contribution in [0.4, 0.5) is 0 Å². The summed E-state index contributed by atoms with van der Waals surface area (Å²) in [6.45, 7) is 4.66. The lowest BCUT2D eigenvalue weighted by Gasteiger charge is -2.21. The van der Waals surface area contributed by atoms with Crippen LogP contribution in [0, 0.1) is 0 Å². The van der Waals surface area contributed by atoms with Crippen molar-refractivity contribution in [2.45, 2.75) is 303 Å². The molecule has 0 aliphatic carbocycles. The third kappa shape index (κ3) is 49.2. The summed E-state index contributed by atoms with van der Waals surface area (Å²) in [5, 5.41) is 9.76. The van der Waals surface area contributed by atoms with Gasteiger partial charge >= 0.3 is 25.7 Å². The third-order valence-corrected chi connectivity index (χ3v) is 13.6. The summed E-state index contributed by atoms with van der Waals surface area (Å²) in [7, 11) is -4.73. The molecule has 0 aliphatic heterocycles. The van der Waals surface area contributed by atoms with Gasteiger partial charge in [0.25, 0.3) is 0 Å². The van der Waals surface area contributed by atoms with Gasteiger partial charge in [-0.25, -0.2) is 4.57 Å². The van der Waals surface area contributed by atoms with Crippen molar-refractivity contribution < 1.29 is 52.2 Å². The molecular formula is C56H107O11P. The second kappa shape index (κ2) is 51.6. The summed E-state index contributed by atoms with van der Waals surface area (Å²) in [4.78, 5) is 48.4. The van der Waals surface area contributed by atoms with Gasteiger partial charge in [-0.05, 0) is 44.9 Å². The monoisotopic (exact) mass is 987 g/mol. The van der Waals surface area contributed by atoms with Gasteiger partial charge in [-0.15, -0.1) is 0 Å². The second-order valence-electron chi connectivity index (χ2n) is 19.5. The lowest BCUT2D eigenvalue weighted by atomic mass is 10.0. The van der Waals surface area contributed by atoms with Crippen molar-refractivity contribution >= 4 is 25.7 Å². The van der Waals surface area contributed by atoms with E-state index in [1.54, 1.807) is 0 Å². The van der Waals surface area contributed by atoms with Crippen LogP contribution in [0.1, 0.15) is 290 Å². The van der Waals surface area contributed by atoms with E-state index in [1.807, 2.05) is 0 Å². The van der Waals surface area contributed by atoms with Gasteiger partial charge in [0.1, 0.15) is 12.7 Å². The van der Waals surface area contributed by atoms with Crippen molar-refractivity contribution in [1.29, 1.82) is 0 Å². The molecule has 0 radical (unpaired) electrons. The molecule has 3 unspecified atom stereocenters. The molecule has 0 spiro atoms. The Morgan fingerprint density at radius 1 is 0.397 bits per heavy atom. The Hall–Kier alpha value is -1.78. The molecule has 0 aromatic rings. The fourth-order valence-corrected chi connectivity index (χ4v) is 9.08. The zero-order valence-electron chi connectivity index (χ0n) is 44.4. The molecule has 0 bridgehead atoms. The van der Waals surface area contributed by atoms with E-state index in [0.29, 0.717) is 19.3 Å². The summed E-state index contributed by atoms with van der Waals surface area (Å²) >= 11 is 0. The molecule has 12 heteroatoms. The number of ether oxygens (including phenoxy) is 3. The SMILES string of the molecule is CCCCCCCC/C=C\CCCCCCCCCCCC(=O)OC(COC(=O)CCCCCCCCCCCCCCC)COP(=O)(O)OCC(CO)OC(=O)CCCCCCCCCCC. The van der Waals surface area contributed by atoms with Gasteiger partial charge in [-0.2, -0.15) is 0 Å². The molecule has 0 saturated carbocycles. The topological polar surface area (TPSA) is 155 Å². The molecule has 0 aromatic carbocycles. The Morgan fingerprint density at radius 2 is 0.676 bits per heavy atom. The molecule has 402 valence electrons. The average Bonchev–Trinajstić information content (AvgIpc) is 3.32. The van der Waals surface area contributed by atoms with Crippen molar-refractivity contribution in [1.82, 2.24) is 0 Å². The Labute approximate surface area is 417 Å². The Morgan fingerprint density at radius 3 is 1.01 bits per heavy atom. The Kier molecular flexibility index (Phi) is 50.2. The Balaban J connectivity index is 4.66. The smallest absolute Gasteiger partial charge is 0.462 e. The van der Waals surface area contributed by atoms with E-state index in [0.717, 1.165) is 57.8 Å². The normalized spacial score (nSPS) is 13.4. The largest absolute Gasteiger partial charge is 0.472 e. The maximum absolute atomic E-state index is 12.9. The molecule has 0 saturated heterocycles. The number of aliphatic hydroxyl groups is 1. The van der Waals surface area contributed by atoms with Gasteiger partial charge in [-0.1, -0.05) is 238 Å². The molecule has 2 N–H and O–H groups in total. The van der Waals surface area contributed by atoms with Crippen LogP contribution in [0.25, 0.3) is 0 Å². The highest BCUT2D eigenvalue weighted by atomic mass is 31.2. The van der Waals surface area contributed by atoms with Crippen molar-refractivity contribution in [3.63, 3.8) is 0 Å². The van der Waals surface area contributed by atoms with Gasteiger partial charge in [-0.3, -0.25) is 23.4 Å². The number of phosphoric ester groups is 1. The van der Waals surface area contributed by atoms with Gasteiger partial charge in [0.2, 0.25) is 0 Å². The summed E-state index contributed by atoms with van der Waals surface area (Å²) in [5.41, 5.74) is 0. The molecule has 0 aliphatic rings. The zero-order valence-corrected chi connectivity index (χ0v) is 45.2. The maximum atomic E-state index is 12.9. The number of unbranched alkanes of at least 4 members (excludes halogenated alkanes) is 35. The number of hydrogen-bond donors (Lipinski definition) is 2. The maximum Gasteiger partial charge on any atom is 0.472 e. The predicted molar refractivity (Wildman–Crippen MR) is 280 cm³/mol. The van der Waals surface area contributed by atoms with Crippen LogP contribution in [0.2, 0.25) is 0 Å². The molecular weight excluding hydrogens is 880 g/mol. The van der Waals surface area contributed by atoms with Crippen molar-refractivity contribution in [3.05, 3.63) is 12.2 Å². The molecule has 68 heavy (non-hydrogen) atoms. The number of carbonyl (C=O) groups excluding carboxylic acids is 3. The molecule has 11 nitrogen and oxygen atoms in total. The van der Waals surface area contributed by atoms with Crippen LogP contribution < -0.4 is 0 Å². The van der Waals surface area contributed by atoms with E-state index in [4.69, 9.17) is 23.3 Å². The summed E-state index contributed by atoms with van der Waals surface area (Å²) in [5.74, 6) is -1.44. The Bertz CT molecular complexity index is 1200. The highest BCUT2D eigenvalue weighted by Gasteiger charge is 2.28. The van der Waals surface area contributed by atoms with Crippen molar-refractivity contribution in [2.24, 2.45) is 0 Å². The van der Waals surface area contributed by atoms with Crippen LogP contribution in [0.15, 0.2) is 12.2 Å². The van der Waals surface area contributed by atoms with Crippen LogP contribution in [0.3, 0.4) is 0 Å². The van der Waals surface area contributed by atoms with Crippen LogP contribution in [-0.4, -0.2) is 66.5 Å². The van der Waals surface area contributed by atoms with Crippen LogP contribution >= 0.6 is 7.82 Å². The van der Waals surface area contributed by atoms with E-state index < -0.39 is 57.8 Å². The minimum atomic E-state index is -4.73. The molecule has 3 atom stereocenters. The van der Waals surface area contributed by atoms with E-state index in [-0.39, 0.29) is 25.9 Å². The fraction of sp³-hybridized carbons (Fsp3) is 0.911. The summed E-state index contributed by atoms with van der Waals surface area (Å²) in [6, 6.07) is 0. The fourth-order valence-electron chi connectivity index (χ4n) is 8.29. The van der Waals surface area contributed by atoms with Gasteiger partial charge < -0.3 is 24.2 Å². The minimum absolute atomic E-state index is 0.172. The quantitative estimate of drug-likeness (QED) is 0.0197. The summed E-state index contributed by atoms with van der Waals surface area (Å²) in [6.07, 6.45) is 48.9. The van der Waals surface area contributed by atoms with E-state index in [1.165, 1.54) is 173 Å². The molecule has 0 rings (SSSR count). The number of carbonyl (C=O) groups is 3. The number of esters is 3. The highest BCUT2D eigenvalue weighted by Crippen LogP contribution is 2.43. The molecule has 0 heterocycles. The van der Waals surface area contributed by atoms with Crippen molar-refractivity contribution in [3.8, 4) is 0 Å². The third-order valence-electron chi connectivity index (χ3n) is 12.7. The minimum Gasteiger partial charge on any atom is -0.462 e. The number of aliphatic hydroxyl groups excluding tert-OH is 1. The number of allylic oxidation sites excluding steroid dienone is 2. The standard InChI is InChI=1S/C56H107O11P/c1-4-7-10-13-16-19-21-23-24-25-26-27-28-30-32-35-38-41-44-47-56(60)67-53(49-63-54(58)45-42-39-36-34-31-29-22-20-17-14-11-8-5-2)51-65-68(61,62)64-50-52(48-57)66-55(59)46-43-40-37-33-18-15-12-9-6-3/h23-24,52-53,57H,4-22,25-51H2,1-3H3,(H,61,62)/b24-23-. The lowest BCUT2D eigenvalue weighted by molar-refractivity contribution is -0.161. The second-order valence-corrected chi connectivity index (χ2v) is 20.9. The van der Waals surface area contributed by atoms with Gasteiger partial charge in [0.15, 0.2) is 6.10 Å². The zero-order chi connectivity index (χ0) is 49.9. The molecule has 0 fully saturated rings. The van der Waals surface area contributed by atoms with E-state index in [9.17, 15) is 28.9 Å². The van der Waals surface area contributed by atoms with Gasteiger partial charge in [0, 0.05) is 19.3 Å². The lowest BCUT2D eigenvalue weighted by Crippen LogP contribution is -2.30. The van der Waals surface area contributed by atoms with Gasteiger partial charge in [0.05, 0.1) is 19.8 Å². The van der Waals surface area contributed by atoms with Crippen LogP contribution in [-0.2, 0) is 42.2 Å². The molecule has 0 amide bonds. The van der Waals surface area contributed by atoms with E-state index >= 15 is 0 Å². The average molecular weight is 987 g/mol. The van der Waals surface area contributed by atoms with Crippen molar-refractivity contribution in [2.75, 3.05) is 26.4 Å². The number of hydrogen-bond acceptors (Lipinski definition) is 10. The molecule has 0 aromatic heterocycles. The number of phosphoric acid groups is 1. The first-order valence-electron chi connectivity index (χ1n) is 28.6. The first kappa shape index (κ1) is 66.2. The first-order valence-corrected chi connectivity index (χ1v) is 30.1. The van der Waals surface area contributed by atoms with E-state index in [2.05, 4.69) is 32.9 Å².